The van der Waals surface area contributed by atoms with Gasteiger partial charge in [0.2, 0.25) is 0 Å². The van der Waals surface area contributed by atoms with Crippen LogP contribution >= 0.6 is 0 Å². The predicted octanol–water partition coefficient (Wildman–Crippen LogP) is 5.09. The second-order valence-corrected chi connectivity index (χ2v) is 15.6. The molecule has 274 valence electrons. The molecule has 14 heteroatoms. The van der Waals surface area contributed by atoms with Gasteiger partial charge in [-0.2, -0.15) is 0 Å². The van der Waals surface area contributed by atoms with Gasteiger partial charge >= 0.3 is 12.2 Å². The Morgan fingerprint density at radius 1 is 0.685 bits per heavy atom. The standard InChI is InChI=1S/C40H38N8O6/c49-19-25-15-39(45-37(51)52)33(27-17-41-35(43-27)29-3-1-13-47(29)39)31(25)23-9-5-21(6-10-23)22-7-11-24(12-8-22)32-26(20-50)16-40(46-38(53)54)34(32)28-18-42-36(44-28)30-4-2-14-48(30)40/h5-12,17-18,29-34,45-46H,1-4,13-16H2,(H,41,43)(H,42,44)(H,51,52)(H,53,54)/t29?,30?,31-,32-,33+,34+,39+,40+/m0/s1. The zero-order chi connectivity index (χ0) is 36.9. The molecule has 2 amide bonds. The largest absolute Gasteiger partial charge is 0.465 e. The van der Waals surface area contributed by atoms with Crippen molar-refractivity contribution in [1.29, 1.82) is 0 Å². The van der Waals surface area contributed by atoms with Gasteiger partial charge in [0.25, 0.3) is 0 Å². The molecule has 2 aliphatic carbocycles. The van der Waals surface area contributed by atoms with Crippen LogP contribution in [0.3, 0.4) is 0 Å². The third-order valence-corrected chi connectivity index (χ3v) is 13.2. The molecule has 4 fully saturated rings. The zero-order valence-corrected chi connectivity index (χ0v) is 29.2. The van der Waals surface area contributed by atoms with E-state index in [9.17, 15) is 29.4 Å². The highest BCUT2D eigenvalue weighted by atomic mass is 16.4. The van der Waals surface area contributed by atoms with Gasteiger partial charge in [0, 0.05) is 84.5 Å². The van der Waals surface area contributed by atoms with Crippen LogP contribution in [-0.4, -0.2) is 88.4 Å². The summed E-state index contributed by atoms with van der Waals surface area (Å²) in [5, 5.41) is 25.9. The SMILES string of the molecule is O=C=C1C[C@]2(NC(=O)O)[C@H](c3cnc([nH]3)C3CCCN32)[C@H]1c1ccc(-c2ccc([C@H]3C(=C=O)C[C@]4(NC(=O)O)[C@@H]3c3cnc([nH]3)C3CCCN34)cc2)cc1. The molecule has 2 aromatic heterocycles. The van der Waals surface area contributed by atoms with Gasteiger partial charge in [0.05, 0.1) is 12.1 Å². The van der Waals surface area contributed by atoms with E-state index < -0.39 is 47.2 Å². The molecule has 4 aliphatic heterocycles. The summed E-state index contributed by atoms with van der Waals surface area (Å²) >= 11 is 0. The number of nitrogens with one attached hydrogen (secondary N) is 4. The molecule has 8 atom stereocenters. The van der Waals surface area contributed by atoms with Crippen molar-refractivity contribution in [3.05, 3.63) is 106 Å². The van der Waals surface area contributed by atoms with Gasteiger partial charge in [-0.25, -0.2) is 29.1 Å². The van der Waals surface area contributed by atoms with E-state index in [1.165, 1.54) is 0 Å². The number of hydrogen-bond acceptors (Lipinski definition) is 8. The van der Waals surface area contributed by atoms with Gasteiger partial charge in [-0.05, 0) is 47.9 Å². The van der Waals surface area contributed by atoms with Crippen LogP contribution in [-0.2, 0) is 9.59 Å². The molecule has 2 saturated heterocycles. The number of amides is 2. The number of carbonyl (C=O) groups excluding carboxylic acids is 2. The van der Waals surface area contributed by atoms with Crippen molar-refractivity contribution in [3.8, 4) is 11.1 Å². The molecular weight excluding hydrogens is 688 g/mol. The van der Waals surface area contributed by atoms with Gasteiger partial charge in [0.1, 0.15) is 34.9 Å². The van der Waals surface area contributed by atoms with Crippen LogP contribution in [0.1, 0.15) is 108 Å². The molecule has 0 spiro atoms. The van der Waals surface area contributed by atoms with E-state index in [0.29, 0.717) is 24.2 Å². The van der Waals surface area contributed by atoms with E-state index in [-0.39, 0.29) is 24.9 Å². The van der Waals surface area contributed by atoms with Gasteiger partial charge < -0.3 is 30.8 Å². The van der Waals surface area contributed by atoms with E-state index in [2.05, 4.69) is 52.3 Å². The van der Waals surface area contributed by atoms with E-state index in [4.69, 9.17) is 0 Å². The Hall–Kier alpha value is -5.78. The van der Waals surface area contributed by atoms with Crippen LogP contribution in [0.2, 0.25) is 0 Å². The average Bonchev–Trinajstić information content (AvgIpc) is 4.01. The molecule has 2 unspecified atom stereocenters. The Morgan fingerprint density at radius 3 is 1.46 bits per heavy atom. The van der Waals surface area contributed by atoms with Gasteiger partial charge in [0.15, 0.2) is 0 Å². The van der Waals surface area contributed by atoms with Crippen LogP contribution in [0.4, 0.5) is 9.59 Å². The van der Waals surface area contributed by atoms with Gasteiger partial charge in [-0.3, -0.25) is 9.80 Å². The minimum atomic E-state index is -1.14. The van der Waals surface area contributed by atoms with E-state index in [1.807, 2.05) is 48.5 Å². The average molecular weight is 727 g/mol. The Balaban J connectivity index is 0.983. The lowest BCUT2D eigenvalue weighted by atomic mass is 9.80. The van der Waals surface area contributed by atoms with Crippen LogP contribution in [0, 0.1) is 0 Å². The number of aromatic nitrogens is 4. The number of imidazole rings is 2. The maximum atomic E-state index is 12.6. The Morgan fingerprint density at radius 2 is 1.09 bits per heavy atom. The number of hydrogen-bond donors (Lipinski definition) is 6. The molecule has 6 aliphatic rings. The monoisotopic (exact) mass is 726 g/mol. The number of H-pyrrole nitrogens is 2. The number of nitrogens with zero attached hydrogens (tertiary/aromatic N) is 4. The Bertz CT molecular complexity index is 2140. The first kappa shape index (κ1) is 32.8. The molecule has 54 heavy (non-hydrogen) atoms. The molecule has 0 radical (unpaired) electrons. The highest BCUT2D eigenvalue weighted by molar-refractivity contribution is 5.71. The third-order valence-electron chi connectivity index (χ3n) is 13.2. The quantitative estimate of drug-likeness (QED) is 0.151. The highest BCUT2D eigenvalue weighted by Gasteiger charge is 2.63. The summed E-state index contributed by atoms with van der Waals surface area (Å²) in [6.45, 7) is 1.38. The molecule has 2 saturated carbocycles. The molecule has 10 rings (SSSR count). The molecule has 4 bridgehead atoms. The summed E-state index contributed by atoms with van der Waals surface area (Å²) in [5.41, 5.74) is 4.20. The van der Waals surface area contributed by atoms with E-state index in [0.717, 1.165) is 71.0 Å². The first-order chi connectivity index (χ1) is 26.2. The number of carboxylic acid groups (broad SMARTS) is 2. The lowest BCUT2D eigenvalue weighted by Gasteiger charge is -2.45. The van der Waals surface area contributed by atoms with Crippen molar-refractivity contribution in [3.63, 3.8) is 0 Å². The number of fused-ring (bicyclic) bond motifs is 14. The summed E-state index contributed by atoms with van der Waals surface area (Å²) in [6, 6.07) is 15.9. The number of rotatable bonds is 5. The smallest absolute Gasteiger partial charge is 0.406 e. The summed E-state index contributed by atoms with van der Waals surface area (Å²) < 4.78 is 0. The van der Waals surface area contributed by atoms with Crippen molar-refractivity contribution in [2.75, 3.05) is 13.1 Å². The lowest BCUT2D eigenvalue weighted by molar-refractivity contribution is 0.0327. The fraction of sp³-hybridized carbons (Fsp3) is 0.400. The van der Waals surface area contributed by atoms with Crippen LogP contribution in [0.5, 0.6) is 0 Å². The van der Waals surface area contributed by atoms with Crippen molar-refractivity contribution < 1.29 is 29.4 Å². The summed E-state index contributed by atoms with van der Waals surface area (Å²) in [4.78, 5) is 70.5. The number of benzene rings is 2. The number of aromatic amines is 2. The van der Waals surface area contributed by atoms with Crippen molar-refractivity contribution in [2.45, 2.75) is 85.6 Å². The second-order valence-electron chi connectivity index (χ2n) is 15.6. The molecule has 2 aromatic carbocycles. The highest BCUT2D eigenvalue weighted by Crippen LogP contribution is 2.61. The maximum absolute atomic E-state index is 12.6. The minimum Gasteiger partial charge on any atom is -0.465 e. The fourth-order valence-electron chi connectivity index (χ4n) is 11.3. The van der Waals surface area contributed by atoms with Gasteiger partial charge in [-0.1, -0.05) is 48.5 Å². The normalized spacial score (nSPS) is 32.1. The van der Waals surface area contributed by atoms with E-state index in [1.54, 1.807) is 12.4 Å². The van der Waals surface area contributed by atoms with Gasteiger partial charge in [-0.15, -0.1) is 0 Å². The molecular formula is C40H38N8O6. The lowest BCUT2D eigenvalue weighted by Crippen LogP contribution is -2.61. The summed E-state index contributed by atoms with van der Waals surface area (Å²) in [5.74, 6) is 4.37. The topological polar surface area (TPSA) is 197 Å². The molecule has 4 aromatic rings. The third kappa shape index (κ3) is 4.54. The van der Waals surface area contributed by atoms with Crippen LogP contribution < -0.4 is 10.6 Å². The van der Waals surface area contributed by atoms with Crippen LogP contribution in [0.25, 0.3) is 11.1 Å². The summed E-state index contributed by atoms with van der Waals surface area (Å²) in [7, 11) is 0. The zero-order valence-electron chi connectivity index (χ0n) is 29.2. The predicted molar refractivity (Wildman–Crippen MR) is 193 cm³/mol. The summed E-state index contributed by atoms with van der Waals surface area (Å²) in [6.07, 6.45) is 5.23. The second kappa shape index (κ2) is 11.9. The molecule has 6 N–H and O–H groups in total. The molecule has 6 heterocycles. The Kier molecular flexibility index (Phi) is 7.21. The first-order valence-corrected chi connectivity index (χ1v) is 18.6. The van der Waals surface area contributed by atoms with Crippen LogP contribution in [0.15, 0.2) is 72.1 Å². The fourth-order valence-corrected chi connectivity index (χ4v) is 11.3. The maximum Gasteiger partial charge on any atom is 0.406 e. The Labute approximate surface area is 309 Å². The van der Waals surface area contributed by atoms with Crippen molar-refractivity contribution >= 4 is 24.1 Å². The number of carbonyl (C=O) groups is 2. The minimum absolute atomic E-state index is 0.0727. The molecule has 14 nitrogen and oxygen atoms in total. The van der Waals surface area contributed by atoms with Crippen molar-refractivity contribution in [2.24, 2.45) is 0 Å². The van der Waals surface area contributed by atoms with E-state index >= 15 is 0 Å². The van der Waals surface area contributed by atoms with Crippen molar-refractivity contribution in [1.82, 2.24) is 40.4 Å². The first-order valence-electron chi connectivity index (χ1n) is 18.6.